The van der Waals surface area contributed by atoms with Crippen molar-refractivity contribution < 1.29 is 14.3 Å². The van der Waals surface area contributed by atoms with Crippen molar-refractivity contribution >= 4 is 41.0 Å². The van der Waals surface area contributed by atoms with E-state index in [0.29, 0.717) is 53.7 Å². The number of nitrogens with zero attached hydrogens (tertiary/aromatic N) is 1. The van der Waals surface area contributed by atoms with Gasteiger partial charge in [0.15, 0.2) is 5.78 Å². The van der Waals surface area contributed by atoms with E-state index in [9.17, 15) is 9.59 Å². The topological polar surface area (TPSA) is 46.6 Å². The highest BCUT2D eigenvalue weighted by Gasteiger charge is 2.43. The van der Waals surface area contributed by atoms with Gasteiger partial charge in [0.2, 0.25) is 5.91 Å². The Morgan fingerprint density at radius 1 is 1.17 bits per heavy atom. The Hall–Kier alpha value is -2.30. The molecule has 0 saturated carbocycles. The molecule has 0 aromatic heterocycles. The monoisotopic (exact) mass is 429 g/mol. The molecule has 150 valence electrons. The Morgan fingerprint density at radius 2 is 1.93 bits per heavy atom. The van der Waals surface area contributed by atoms with Crippen LogP contribution >= 0.6 is 23.2 Å². The molecule has 4 nitrogen and oxygen atoms in total. The minimum Gasteiger partial charge on any atom is -0.486 e. The van der Waals surface area contributed by atoms with Crippen LogP contribution in [0.4, 0.5) is 0 Å². The first-order chi connectivity index (χ1) is 13.8. The molecule has 6 heteroatoms. The van der Waals surface area contributed by atoms with Gasteiger partial charge in [0.1, 0.15) is 11.4 Å². The third kappa shape index (κ3) is 4.19. The van der Waals surface area contributed by atoms with Crippen molar-refractivity contribution in [2.45, 2.75) is 31.8 Å². The zero-order chi connectivity index (χ0) is 20.6. The van der Waals surface area contributed by atoms with E-state index < -0.39 is 5.60 Å². The molecule has 2 aromatic rings. The molecule has 29 heavy (non-hydrogen) atoms. The smallest absolute Gasteiger partial charge is 0.246 e. The van der Waals surface area contributed by atoms with Gasteiger partial charge in [0, 0.05) is 42.1 Å². The second kappa shape index (κ2) is 7.85. The molecule has 1 spiro atoms. The summed E-state index contributed by atoms with van der Waals surface area (Å²) in [6, 6.07) is 10.9. The van der Waals surface area contributed by atoms with Crippen molar-refractivity contribution in [3.63, 3.8) is 0 Å². The number of hydrogen-bond donors (Lipinski definition) is 0. The van der Waals surface area contributed by atoms with Gasteiger partial charge in [-0.2, -0.15) is 0 Å². The molecule has 0 bridgehead atoms. The van der Waals surface area contributed by atoms with E-state index >= 15 is 0 Å². The van der Waals surface area contributed by atoms with E-state index in [-0.39, 0.29) is 11.7 Å². The van der Waals surface area contributed by atoms with Crippen molar-refractivity contribution in [2.75, 3.05) is 13.1 Å². The molecule has 0 radical (unpaired) electrons. The lowest BCUT2D eigenvalue weighted by atomic mass is 9.82. The third-order valence-corrected chi connectivity index (χ3v) is 6.27. The third-order valence-electron chi connectivity index (χ3n) is 5.62. The van der Waals surface area contributed by atoms with Gasteiger partial charge in [-0.15, -0.1) is 0 Å². The van der Waals surface area contributed by atoms with Gasteiger partial charge in [-0.3, -0.25) is 9.59 Å². The summed E-state index contributed by atoms with van der Waals surface area (Å²) in [6.07, 6.45) is 4.89. The van der Waals surface area contributed by atoms with Crippen molar-refractivity contribution in [3.8, 4) is 5.75 Å². The molecule has 0 atom stereocenters. The van der Waals surface area contributed by atoms with Crippen LogP contribution in [0.5, 0.6) is 5.75 Å². The van der Waals surface area contributed by atoms with Crippen LogP contribution < -0.4 is 4.74 Å². The molecule has 0 N–H and O–H groups in total. The van der Waals surface area contributed by atoms with Crippen LogP contribution in [0.25, 0.3) is 6.08 Å². The number of carbonyl (C=O) groups is 2. The summed E-state index contributed by atoms with van der Waals surface area (Å²) in [5, 5.41) is 1.21. The molecule has 0 unspecified atom stereocenters. The van der Waals surface area contributed by atoms with E-state index in [1.54, 1.807) is 29.2 Å². The number of likely N-dealkylation sites (tertiary alicyclic amines) is 1. The number of ketones is 1. The number of Topliss-reactive ketones (excluding diaryl/α,β-unsaturated/α-hetero) is 1. The van der Waals surface area contributed by atoms with Crippen LogP contribution in [0.3, 0.4) is 0 Å². The standard InChI is InChI=1S/C23H21Cl2NO3/c1-15-11-21-18(13-19(15)25)20(27)14-23(29-21)7-9-26(10-8-23)22(28)6-5-16-3-2-4-17(24)12-16/h2-6,11-13H,7-10,14H2,1H3/b6-5+. The molecule has 2 heterocycles. The Bertz CT molecular complexity index is 1010. The Balaban J connectivity index is 1.43. The number of fused-ring (bicyclic) bond motifs is 1. The lowest BCUT2D eigenvalue weighted by molar-refractivity contribution is -0.129. The fourth-order valence-electron chi connectivity index (χ4n) is 3.91. The number of ether oxygens (including phenoxy) is 1. The van der Waals surface area contributed by atoms with Gasteiger partial charge in [-0.1, -0.05) is 35.3 Å². The number of rotatable bonds is 2. The average molecular weight is 430 g/mol. The van der Waals surface area contributed by atoms with E-state index in [1.165, 1.54) is 0 Å². The fraction of sp³-hybridized carbons (Fsp3) is 0.304. The maximum atomic E-state index is 12.7. The van der Waals surface area contributed by atoms with Gasteiger partial charge >= 0.3 is 0 Å². The van der Waals surface area contributed by atoms with Crippen LogP contribution in [0, 0.1) is 6.92 Å². The highest BCUT2D eigenvalue weighted by Crippen LogP contribution is 2.41. The van der Waals surface area contributed by atoms with Crippen molar-refractivity contribution in [2.24, 2.45) is 0 Å². The SMILES string of the molecule is Cc1cc2c(cc1Cl)C(=O)CC1(CCN(C(=O)/C=C/c3cccc(Cl)c3)CC1)O2. The number of amides is 1. The first-order valence-corrected chi connectivity index (χ1v) is 10.4. The molecule has 0 aliphatic carbocycles. The predicted octanol–water partition coefficient (Wildman–Crippen LogP) is 5.34. The molecule has 2 aliphatic rings. The minimum absolute atomic E-state index is 0.0498. The van der Waals surface area contributed by atoms with Crippen molar-refractivity contribution in [3.05, 3.63) is 69.2 Å². The summed E-state index contributed by atoms with van der Waals surface area (Å²) in [5.74, 6) is 0.600. The zero-order valence-electron chi connectivity index (χ0n) is 16.1. The first-order valence-electron chi connectivity index (χ1n) is 9.60. The van der Waals surface area contributed by atoms with Gasteiger partial charge in [0.05, 0.1) is 12.0 Å². The van der Waals surface area contributed by atoms with E-state index in [4.69, 9.17) is 27.9 Å². The predicted molar refractivity (Wildman–Crippen MR) is 115 cm³/mol. The first kappa shape index (κ1) is 20.0. The number of aryl methyl sites for hydroxylation is 1. The van der Waals surface area contributed by atoms with Crippen LogP contribution in [-0.4, -0.2) is 35.3 Å². The molecule has 2 aromatic carbocycles. The average Bonchev–Trinajstić information content (AvgIpc) is 2.68. The molecule has 2 aliphatic heterocycles. The molecular weight excluding hydrogens is 409 g/mol. The van der Waals surface area contributed by atoms with Gasteiger partial charge in [0.25, 0.3) is 0 Å². The Kier molecular flexibility index (Phi) is 5.41. The molecule has 4 rings (SSSR count). The van der Waals surface area contributed by atoms with Crippen molar-refractivity contribution in [1.29, 1.82) is 0 Å². The number of benzene rings is 2. The molecule has 1 fully saturated rings. The minimum atomic E-state index is -0.544. The number of carbonyl (C=O) groups excluding carboxylic acids is 2. The quantitative estimate of drug-likeness (QED) is 0.605. The van der Waals surface area contributed by atoms with Gasteiger partial charge < -0.3 is 9.64 Å². The summed E-state index contributed by atoms with van der Waals surface area (Å²) in [6.45, 7) is 2.99. The van der Waals surface area contributed by atoms with Crippen LogP contribution in [0.1, 0.15) is 40.7 Å². The fourth-order valence-corrected chi connectivity index (χ4v) is 4.27. The maximum Gasteiger partial charge on any atom is 0.246 e. The van der Waals surface area contributed by atoms with Gasteiger partial charge in [-0.25, -0.2) is 0 Å². The number of piperidine rings is 1. The lowest BCUT2D eigenvalue weighted by Gasteiger charge is -2.43. The maximum absolute atomic E-state index is 12.7. The molecule has 1 amide bonds. The van der Waals surface area contributed by atoms with Crippen molar-refractivity contribution in [1.82, 2.24) is 4.90 Å². The number of halogens is 2. The Morgan fingerprint density at radius 3 is 2.66 bits per heavy atom. The molecular formula is C23H21Cl2NO3. The van der Waals surface area contributed by atoms with E-state index in [1.807, 2.05) is 31.2 Å². The van der Waals surface area contributed by atoms with Crippen LogP contribution in [-0.2, 0) is 4.79 Å². The summed E-state index contributed by atoms with van der Waals surface area (Å²) in [5.41, 5.74) is 1.77. The van der Waals surface area contributed by atoms with E-state index in [2.05, 4.69) is 0 Å². The highest BCUT2D eigenvalue weighted by atomic mass is 35.5. The second-order valence-corrected chi connectivity index (χ2v) is 8.54. The largest absolute Gasteiger partial charge is 0.486 e. The highest BCUT2D eigenvalue weighted by molar-refractivity contribution is 6.32. The second-order valence-electron chi connectivity index (χ2n) is 7.70. The number of hydrogen-bond acceptors (Lipinski definition) is 3. The van der Waals surface area contributed by atoms with Crippen LogP contribution in [0.2, 0.25) is 10.0 Å². The summed E-state index contributed by atoms with van der Waals surface area (Å²) in [4.78, 5) is 27.0. The van der Waals surface area contributed by atoms with E-state index in [0.717, 1.165) is 11.1 Å². The Labute approximate surface area is 180 Å². The lowest BCUT2D eigenvalue weighted by Crippen LogP contribution is -2.52. The summed E-state index contributed by atoms with van der Waals surface area (Å²) in [7, 11) is 0. The van der Waals surface area contributed by atoms with Gasteiger partial charge in [-0.05, 0) is 48.4 Å². The summed E-state index contributed by atoms with van der Waals surface area (Å²) >= 11 is 12.1. The zero-order valence-corrected chi connectivity index (χ0v) is 17.6. The molecule has 1 saturated heterocycles. The normalized spacial score (nSPS) is 18.0. The summed E-state index contributed by atoms with van der Waals surface area (Å²) < 4.78 is 6.29. The van der Waals surface area contributed by atoms with Crippen LogP contribution in [0.15, 0.2) is 42.5 Å².